The molecule has 1 fully saturated rings. The number of fused-ring (bicyclic) bond motifs is 3. The van der Waals surface area contributed by atoms with E-state index >= 15 is 0 Å². The lowest BCUT2D eigenvalue weighted by atomic mass is 9.91. The second-order valence-electron chi connectivity index (χ2n) is 8.46. The molecule has 2 N–H and O–H groups in total. The largest absolute Gasteiger partial charge is 0.497 e. The average molecular weight is 433 g/mol. The molecule has 160 valence electrons. The van der Waals surface area contributed by atoms with E-state index in [4.69, 9.17) is 4.74 Å². The Morgan fingerprint density at radius 2 is 1.94 bits per heavy atom. The molecule has 0 radical (unpaired) electrons. The lowest BCUT2D eigenvalue weighted by molar-refractivity contribution is -0.118. The highest BCUT2D eigenvalue weighted by atomic mass is 16.5. The summed E-state index contributed by atoms with van der Waals surface area (Å²) >= 11 is 0. The number of carbonyl (C=O) groups excluding carboxylic acids is 2. The van der Waals surface area contributed by atoms with Crippen molar-refractivity contribution in [2.75, 3.05) is 12.4 Å². The van der Waals surface area contributed by atoms with Crippen molar-refractivity contribution >= 4 is 28.8 Å². The maximum Gasteiger partial charge on any atom is 0.235 e. The van der Waals surface area contributed by atoms with Gasteiger partial charge in [-0.05, 0) is 65.9 Å². The van der Waals surface area contributed by atoms with Gasteiger partial charge in [0.15, 0.2) is 0 Å². The van der Waals surface area contributed by atoms with Gasteiger partial charge in [-0.1, -0.05) is 24.1 Å². The molecule has 3 aromatic carbocycles. The monoisotopic (exact) mass is 433 g/mol. The Morgan fingerprint density at radius 1 is 1.09 bits per heavy atom. The summed E-state index contributed by atoms with van der Waals surface area (Å²) in [5.41, 5.74) is 5.41. The minimum absolute atomic E-state index is 0.0463. The number of ether oxygens (including phenoxy) is 1. The molecule has 6 nitrogen and oxygen atoms in total. The van der Waals surface area contributed by atoms with Crippen molar-refractivity contribution in [1.82, 2.24) is 10.2 Å². The number of hydrogen-bond donors (Lipinski definition) is 2. The van der Waals surface area contributed by atoms with Gasteiger partial charge >= 0.3 is 0 Å². The van der Waals surface area contributed by atoms with Crippen LogP contribution < -0.4 is 10.1 Å². The lowest BCUT2D eigenvalue weighted by Crippen LogP contribution is -2.21. The fourth-order valence-corrected chi connectivity index (χ4v) is 4.82. The number of methoxy groups -OCH3 is 1. The van der Waals surface area contributed by atoms with Crippen LogP contribution in [0.25, 0.3) is 10.9 Å². The van der Waals surface area contributed by atoms with Gasteiger partial charge in [-0.25, -0.2) is 0 Å². The topological polar surface area (TPSA) is 84.1 Å². The van der Waals surface area contributed by atoms with E-state index in [-0.39, 0.29) is 11.8 Å². The van der Waals surface area contributed by atoms with E-state index < -0.39 is 5.41 Å². The number of amides is 1. The molecule has 1 amide bonds. The van der Waals surface area contributed by atoms with E-state index in [1.54, 1.807) is 19.2 Å². The Bertz CT molecular complexity index is 1510. The molecule has 0 bridgehead atoms. The highest BCUT2D eigenvalue weighted by Crippen LogP contribution is 2.65. The van der Waals surface area contributed by atoms with Crippen molar-refractivity contribution in [2.45, 2.75) is 17.8 Å². The number of rotatable bonds is 3. The van der Waals surface area contributed by atoms with Crippen LogP contribution in [0.4, 0.5) is 5.69 Å². The number of nitrogens with one attached hydrogen (secondary N) is 2. The van der Waals surface area contributed by atoms with Crippen molar-refractivity contribution in [3.63, 3.8) is 0 Å². The SMILES string of the molecule is COc1ccc2c(c1)[C@]1(C[C@H]1c1ccc3c(C#Cc4ccc(C=O)cc4)[nH]nc3c1)C(=O)N2. The predicted octanol–water partition coefficient (Wildman–Crippen LogP) is 4.16. The molecule has 1 aliphatic carbocycles. The molecule has 6 rings (SSSR count). The third-order valence-corrected chi connectivity index (χ3v) is 6.68. The quantitative estimate of drug-likeness (QED) is 0.375. The first kappa shape index (κ1) is 19.3. The van der Waals surface area contributed by atoms with Crippen LogP contribution in [0, 0.1) is 11.8 Å². The fourth-order valence-electron chi connectivity index (χ4n) is 4.82. The molecular formula is C27H19N3O3. The molecule has 2 aliphatic rings. The molecule has 4 aromatic rings. The van der Waals surface area contributed by atoms with Crippen molar-refractivity contribution in [1.29, 1.82) is 0 Å². The number of aldehydes is 1. The van der Waals surface area contributed by atoms with Gasteiger partial charge in [0.1, 0.15) is 17.7 Å². The molecule has 2 heterocycles. The molecule has 0 unspecified atom stereocenters. The lowest BCUT2D eigenvalue weighted by Gasteiger charge is -2.10. The Morgan fingerprint density at radius 3 is 2.73 bits per heavy atom. The van der Waals surface area contributed by atoms with Crippen molar-refractivity contribution in [2.24, 2.45) is 0 Å². The molecule has 1 aliphatic heterocycles. The summed E-state index contributed by atoms with van der Waals surface area (Å²) in [6.45, 7) is 0. The predicted molar refractivity (Wildman–Crippen MR) is 125 cm³/mol. The van der Waals surface area contributed by atoms with Crippen molar-refractivity contribution in [3.05, 3.63) is 88.6 Å². The van der Waals surface area contributed by atoms with E-state index in [2.05, 4.69) is 33.4 Å². The summed E-state index contributed by atoms with van der Waals surface area (Å²) in [5, 5.41) is 11.4. The highest BCUT2D eigenvalue weighted by Gasteiger charge is 2.65. The van der Waals surface area contributed by atoms with Crippen LogP contribution in [0.3, 0.4) is 0 Å². The number of carbonyl (C=O) groups is 2. The van der Waals surface area contributed by atoms with Crippen LogP contribution in [-0.2, 0) is 10.2 Å². The molecular weight excluding hydrogens is 414 g/mol. The minimum Gasteiger partial charge on any atom is -0.497 e. The van der Waals surface area contributed by atoms with E-state index in [0.717, 1.165) is 57.4 Å². The fraction of sp³-hybridized carbons (Fsp3) is 0.148. The summed E-state index contributed by atoms with van der Waals surface area (Å²) in [6.07, 6.45) is 1.57. The van der Waals surface area contributed by atoms with Gasteiger partial charge in [0.25, 0.3) is 0 Å². The van der Waals surface area contributed by atoms with Crippen LogP contribution in [0.15, 0.2) is 60.7 Å². The third kappa shape index (κ3) is 2.94. The third-order valence-electron chi connectivity index (χ3n) is 6.68. The first-order valence-electron chi connectivity index (χ1n) is 10.7. The first-order chi connectivity index (χ1) is 16.1. The number of H-pyrrole nitrogens is 1. The second kappa shape index (κ2) is 7.07. The first-order valence-corrected chi connectivity index (χ1v) is 10.7. The van der Waals surface area contributed by atoms with Crippen molar-refractivity contribution in [3.8, 4) is 17.6 Å². The van der Waals surface area contributed by atoms with Crippen LogP contribution in [0.2, 0.25) is 0 Å². The van der Waals surface area contributed by atoms with Gasteiger partial charge in [-0.2, -0.15) is 5.10 Å². The van der Waals surface area contributed by atoms with Crippen LogP contribution in [0.1, 0.15) is 45.1 Å². The molecule has 2 atom stereocenters. The zero-order valence-electron chi connectivity index (χ0n) is 17.8. The van der Waals surface area contributed by atoms with Crippen LogP contribution >= 0.6 is 0 Å². The zero-order chi connectivity index (χ0) is 22.6. The van der Waals surface area contributed by atoms with Crippen LogP contribution in [-0.4, -0.2) is 29.5 Å². The van der Waals surface area contributed by atoms with Crippen molar-refractivity contribution < 1.29 is 14.3 Å². The van der Waals surface area contributed by atoms with Gasteiger partial charge in [-0.3, -0.25) is 14.7 Å². The van der Waals surface area contributed by atoms with Gasteiger partial charge in [-0.15, -0.1) is 0 Å². The zero-order valence-corrected chi connectivity index (χ0v) is 17.8. The molecule has 33 heavy (non-hydrogen) atoms. The average Bonchev–Trinajstić information content (AvgIpc) is 3.39. The number of nitrogens with zero attached hydrogens (tertiary/aromatic N) is 1. The van der Waals surface area contributed by atoms with Crippen LogP contribution in [0.5, 0.6) is 5.75 Å². The van der Waals surface area contributed by atoms with Gasteiger partial charge in [0.2, 0.25) is 5.91 Å². The van der Waals surface area contributed by atoms with E-state index in [0.29, 0.717) is 5.56 Å². The normalized spacial score (nSPS) is 20.2. The summed E-state index contributed by atoms with van der Waals surface area (Å²) in [7, 11) is 1.63. The van der Waals surface area contributed by atoms with E-state index in [9.17, 15) is 9.59 Å². The number of hydrogen-bond acceptors (Lipinski definition) is 4. The molecule has 6 heteroatoms. The Balaban J connectivity index is 1.31. The van der Waals surface area contributed by atoms with E-state index in [1.165, 1.54) is 0 Å². The second-order valence-corrected chi connectivity index (χ2v) is 8.46. The smallest absolute Gasteiger partial charge is 0.235 e. The Labute approximate surface area is 190 Å². The number of anilines is 1. The Kier molecular flexibility index (Phi) is 4.14. The Hall–Kier alpha value is -4.37. The molecule has 1 aromatic heterocycles. The standard InChI is InChI=1S/C27H19N3O3/c1-33-19-8-11-24-21(13-19)27(26(32)28-24)14-22(27)18-7-9-20-23(29-30-25(20)12-18)10-6-16-2-4-17(15-31)5-3-16/h2-5,7-9,11-13,15,22H,14H2,1H3,(H,28,32)(H,29,30)/t22-,27-/m0/s1. The molecule has 1 spiro atoms. The van der Waals surface area contributed by atoms with E-state index in [1.807, 2.05) is 42.5 Å². The maximum atomic E-state index is 12.9. The van der Waals surface area contributed by atoms with Gasteiger partial charge in [0.05, 0.1) is 18.0 Å². The number of benzene rings is 3. The molecule has 1 saturated carbocycles. The summed E-state index contributed by atoms with van der Waals surface area (Å²) in [4.78, 5) is 23.7. The highest BCUT2D eigenvalue weighted by molar-refractivity contribution is 6.10. The van der Waals surface area contributed by atoms with Gasteiger partial charge < -0.3 is 10.1 Å². The minimum atomic E-state index is -0.538. The van der Waals surface area contributed by atoms with Gasteiger partial charge in [0, 0.05) is 28.1 Å². The summed E-state index contributed by atoms with van der Waals surface area (Å²) in [5.74, 6) is 7.13. The molecule has 0 saturated heterocycles. The number of aromatic nitrogens is 2. The maximum absolute atomic E-state index is 12.9. The summed E-state index contributed by atoms with van der Waals surface area (Å²) < 4.78 is 5.38. The summed E-state index contributed by atoms with van der Waals surface area (Å²) in [6, 6.07) is 19.0. The number of aromatic amines is 1.